The van der Waals surface area contributed by atoms with Crippen LogP contribution in [0, 0.1) is 12.3 Å². The molecule has 0 unspecified atom stereocenters. The van der Waals surface area contributed by atoms with E-state index in [-0.39, 0.29) is 6.10 Å². The average Bonchev–Trinajstić information content (AvgIpc) is 2.03. The number of hydrogen-bond donors (Lipinski definition) is 0. The van der Waals surface area contributed by atoms with Crippen LogP contribution in [-0.2, 0) is 4.74 Å². The predicted octanol–water partition coefficient (Wildman–Crippen LogP) is 2.13. The van der Waals surface area contributed by atoms with E-state index in [9.17, 15) is 0 Å². The lowest BCUT2D eigenvalue weighted by Crippen LogP contribution is -2.19. The van der Waals surface area contributed by atoms with Gasteiger partial charge in [-0.25, -0.2) is 0 Å². The van der Waals surface area contributed by atoms with Crippen molar-refractivity contribution in [3.63, 3.8) is 0 Å². The van der Waals surface area contributed by atoms with E-state index >= 15 is 0 Å². The zero-order valence-electron chi connectivity index (χ0n) is 6.81. The van der Waals surface area contributed by atoms with E-state index in [4.69, 9.17) is 11.2 Å². The van der Waals surface area contributed by atoms with Gasteiger partial charge in [0.2, 0.25) is 0 Å². The van der Waals surface area contributed by atoms with Crippen LogP contribution in [0.4, 0.5) is 0 Å². The molecule has 1 rings (SSSR count). The molecule has 0 saturated heterocycles. The van der Waals surface area contributed by atoms with E-state index in [0.717, 1.165) is 12.8 Å². The fourth-order valence-electron chi connectivity index (χ4n) is 1.40. The summed E-state index contributed by atoms with van der Waals surface area (Å²) in [6.45, 7) is 4.38. The lowest BCUT2D eigenvalue weighted by atomic mass is 9.93. The molecule has 1 fully saturated rings. The SMILES string of the molecule is C#CCO[C@H]1CCCCC1=C. The Morgan fingerprint density at radius 2 is 2.45 bits per heavy atom. The molecule has 1 nitrogen and oxygen atoms in total. The van der Waals surface area contributed by atoms with Gasteiger partial charge in [-0.15, -0.1) is 6.42 Å². The Kier molecular flexibility index (Phi) is 3.19. The minimum absolute atomic E-state index is 0.236. The van der Waals surface area contributed by atoms with E-state index in [1.807, 2.05) is 0 Å². The molecule has 0 aromatic heterocycles. The molecule has 0 amide bonds. The molecule has 60 valence electrons. The van der Waals surface area contributed by atoms with Crippen molar-refractivity contribution in [1.29, 1.82) is 0 Å². The van der Waals surface area contributed by atoms with Gasteiger partial charge in [-0.2, -0.15) is 0 Å². The van der Waals surface area contributed by atoms with Crippen LogP contribution in [0.5, 0.6) is 0 Å². The smallest absolute Gasteiger partial charge is 0.108 e. The largest absolute Gasteiger partial charge is 0.361 e. The molecule has 1 atom stereocenters. The first kappa shape index (κ1) is 8.36. The van der Waals surface area contributed by atoms with E-state index in [1.54, 1.807) is 0 Å². The topological polar surface area (TPSA) is 9.23 Å². The second kappa shape index (κ2) is 4.20. The highest BCUT2D eigenvalue weighted by Crippen LogP contribution is 2.24. The van der Waals surface area contributed by atoms with E-state index in [1.165, 1.54) is 18.4 Å². The fraction of sp³-hybridized carbons (Fsp3) is 0.600. The van der Waals surface area contributed by atoms with Crippen LogP contribution < -0.4 is 0 Å². The summed E-state index contributed by atoms with van der Waals surface area (Å²) in [5.74, 6) is 2.47. The zero-order chi connectivity index (χ0) is 8.10. The van der Waals surface area contributed by atoms with Gasteiger partial charge in [0.25, 0.3) is 0 Å². The Morgan fingerprint density at radius 3 is 3.09 bits per heavy atom. The number of rotatable bonds is 2. The van der Waals surface area contributed by atoms with Crippen molar-refractivity contribution in [3.05, 3.63) is 12.2 Å². The van der Waals surface area contributed by atoms with Crippen LogP contribution in [-0.4, -0.2) is 12.7 Å². The van der Waals surface area contributed by atoms with E-state index < -0.39 is 0 Å². The molecular weight excluding hydrogens is 136 g/mol. The van der Waals surface area contributed by atoms with Gasteiger partial charge in [-0.1, -0.05) is 18.9 Å². The standard InChI is InChI=1S/C10H14O/c1-3-8-11-10-7-5-4-6-9(10)2/h1,10H,2,4-8H2/t10-/m0/s1. The third-order valence-electron chi connectivity index (χ3n) is 2.04. The minimum Gasteiger partial charge on any atom is -0.361 e. The summed E-state index contributed by atoms with van der Waals surface area (Å²) in [6.07, 6.45) is 10.0. The number of hydrogen-bond acceptors (Lipinski definition) is 1. The molecule has 0 aromatic carbocycles. The maximum atomic E-state index is 5.41. The third kappa shape index (κ3) is 2.40. The van der Waals surface area contributed by atoms with E-state index in [2.05, 4.69) is 12.5 Å². The van der Waals surface area contributed by atoms with Crippen LogP contribution in [0.1, 0.15) is 25.7 Å². The van der Waals surface area contributed by atoms with Crippen molar-refractivity contribution in [2.75, 3.05) is 6.61 Å². The van der Waals surface area contributed by atoms with Crippen LogP contribution >= 0.6 is 0 Å². The summed E-state index contributed by atoms with van der Waals surface area (Å²) in [4.78, 5) is 0. The highest BCUT2D eigenvalue weighted by atomic mass is 16.5. The normalized spacial score (nSPS) is 24.6. The molecule has 11 heavy (non-hydrogen) atoms. The molecule has 1 saturated carbocycles. The molecular formula is C10H14O. The minimum atomic E-state index is 0.236. The Morgan fingerprint density at radius 1 is 1.64 bits per heavy atom. The Bertz CT molecular complexity index is 176. The number of terminal acetylenes is 1. The second-order valence-electron chi connectivity index (χ2n) is 2.91. The van der Waals surface area contributed by atoms with Crippen LogP contribution in [0.15, 0.2) is 12.2 Å². The first-order valence-electron chi connectivity index (χ1n) is 4.07. The molecule has 1 heteroatoms. The van der Waals surface area contributed by atoms with Crippen LogP contribution in [0.3, 0.4) is 0 Å². The molecule has 0 spiro atoms. The predicted molar refractivity (Wildman–Crippen MR) is 46.2 cm³/mol. The summed E-state index contributed by atoms with van der Waals surface area (Å²) in [7, 11) is 0. The Hall–Kier alpha value is -0.740. The highest BCUT2D eigenvalue weighted by molar-refractivity contribution is 5.05. The van der Waals surface area contributed by atoms with Crippen molar-refractivity contribution in [2.45, 2.75) is 31.8 Å². The van der Waals surface area contributed by atoms with Gasteiger partial charge >= 0.3 is 0 Å². The lowest BCUT2D eigenvalue weighted by molar-refractivity contribution is 0.0856. The van der Waals surface area contributed by atoms with Gasteiger partial charge in [-0.3, -0.25) is 0 Å². The van der Waals surface area contributed by atoms with Crippen molar-refractivity contribution < 1.29 is 4.74 Å². The summed E-state index contributed by atoms with van der Waals surface area (Å²) in [5.41, 5.74) is 1.21. The molecule has 0 aromatic rings. The molecule has 0 radical (unpaired) electrons. The third-order valence-corrected chi connectivity index (χ3v) is 2.04. The highest BCUT2D eigenvalue weighted by Gasteiger charge is 2.16. The van der Waals surface area contributed by atoms with Crippen LogP contribution in [0.2, 0.25) is 0 Å². The number of ether oxygens (including phenoxy) is 1. The summed E-state index contributed by atoms with van der Waals surface area (Å²) in [5, 5.41) is 0. The maximum absolute atomic E-state index is 5.41. The monoisotopic (exact) mass is 150 g/mol. The molecule has 1 aliphatic rings. The zero-order valence-corrected chi connectivity index (χ0v) is 6.81. The summed E-state index contributed by atoms with van der Waals surface area (Å²) in [6, 6.07) is 0. The van der Waals surface area contributed by atoms with Crippen LogP contribution in [0.25, 0.3) is 0 Å². The summed E-state index contributed by atoms with van der Waals surface area (Å²) >= 11 is 0. The van der Waals surface area contributed by atoms with Gasteiger partial charge in [-0.05, 0) is 24.8 Å². The van der Waals surface area contributed by atoms with Crippen molar-refractivity contribution in [1.82, 2.24) is 0 Å². The van der Waals surface area contributed by atoms with Gasteiger partial charge in [0.15, 0.2) is 0 Å². The molecule has 0 heterocycles. The van der Waals surface area contributed by atoms with Gasteiger partial charge in [0, 0.05) is 0 Å². The van der Waals surface area contributed by atoms with Gasteiger partial charge < -0.3 is 4.74 Å². The van der Waals surface area contributed by atoms with Crippen molar-refractivity contribution in [3.8, 4) is 12.3 Å². The van der Waals surface area contributed by atoms with Crippen molar-refractivity contribution >= 4 is 0 Å². The first-order valence-corrected chi connectivity index (χ1v) is 4.07. The lowest BCUT2D eigenvalue weighted by Gasteiger charge is -2.23. The fourth-order valence-corrected chi connectivity index (χ4v) is 1.40. The Labute approximate surface area is 68.4 Å². The van der Waals surface area contributed by atoms with E-state index in [0.29, 0.717) is 6.61 Å². The summed E-state index contributed by atoms with van der Waals surface area (Å²) < 4.78 is 5.41. The quantitative estimate of drug-likeness (QED) is 0.433. The van der Waals surface area contributed by atoms with Crippen molar-refractivity contribution in [2.24, 2.45) is 0 Å². The second-order valence-corrected chi connectivity index (χ2v) is 2.91. The molecule has 0 N–H and O–H groups in total. The average molecular weight is 150 g/mol. The maximum Gasteiger partial charge on any atom is 0.108 e. The van der Waals surface area contributed by atoms with Gasteiger partial charge in [0.1, 0.15) is 6.61 Å². The molecule has 0 aliphatic heterocycles. The molecule has 1 aliphatic carbocycles. The van der Waals surface area contributed by atoms with Gasteiger partial charge in [0.05, 0.1) is 6.10 Å². The Balaban J connectivity index is 2.31. The molecule has 0 bridgehead atoms. The first-order chi connectivity index (χ1) is 5.34.